The molecule has 0 bridgehead atoms. The normalized spacial score (nSPS) is 16.9. The lowest BCUT2D eigenvalue weighted by Gasteiger charge is -2.35. The van der Waals surface area contributed by atoms with Crippen LogP contribution in [0.2, 0.25) is 5.02 Å². The van der Waals surface area contributed by atoms with E-state index in [-0.39, 0.29) is 5.91 Å². The Balaban J connectivity index is 1.44. The minimum atomic E-state index is -0.0396. The molecule has 3 aromatic rings. The van der Waals surface area contributed by atoms with Crippen molar-refractivity contribution in [2.75, 3.05) is 19.6 Å². The molecule has 1 aliphatic heterocycles. The molecule has 1 amide bonds. The van der Waals surface area contributed by atoms with Crippen molar-refractivity contribution < 1.29 is 4.79 Å². The van der Waals surface area contributed by atoms with E-state index in [0.717, 1.165) is 33.8 Å². The number of fused-ring (bicyclic) bond motifs is 1. The summed E-state index contributed by atoms with van der Waals surface area (Å²) in [7, 11) is 0. The third-order valence-corrected chi connectivity index (χ3v) is 7.23. The molecule has 6 heteroatoms. The number of nitrogens with one attached hydrogen (secondary N) is 1. The molecule has 168 valence electrons. The van der Waals surface area contributed by atoms with E-state index < -0.39 is 0 Å². The zero-order chi connectivity index (χ0) is 22.3. The first-order valence-corrected chi connectivity index (χ1v) is 12.7. The Labute approximate surface area is 199 Å². The van der Waals surface area contributed by atoms with Gasteiger partial charge in [0, 0.05) is 34.4 Å². The maximum Gasteiger partial charge on any atom is 0.252 e. The number of aromatic nitrogens is 1. The fourth-order valence-corrected chi connectivity index (χ4v) is 5.59. The fourth-order valence-electron chi connectivity index (χ4n) is 4.44. The van der Waals surface area contributed by atoms with Gasteiger partial charge in [0.1, 0.15) is 5.03 Å². The van der Waals surface area contributed by atoms with Gasteiger partial charge in [-0.2, -0.15) is 0 Å². The molecule has 0 spiro atoms. The van der Waals surface area contributed by atoms with E-state index in [1.165, 1.54) is 44.0 Å². The van der Waals surface area contributed by atoms with Crippen molar-refractivity contribution in [3.8, 4) is 0 Å². The molecule has 1 atom stereocenters. The number of likely N-dealkylation sites (tertiary alicyclic amines) is 1. The minimum Gasteiger partial charge on any atom is -0.352 e. The van der Waals surface area contributed by atoms with E-state index >= 15 is 0 Å². The summed E-state index contributed by atoms with van der Waals surface area (Å²) in [6.45, 7) is 5.19. The molecular weight excluding hydrogens is 438 g/mol. The lowest BCUT2D eigenvalue weighted by Crippen LogP contribution is -2.40. The maximum atomic E-state index is 13.1. The van der Waals surface area contributed by atoms with Gasteiger partial charge in [-0.05, 0) is 62.6 Å². The largest absolute Gasteiger partial charge is 0.352 e. The Morgan fingerprint density at radius 1 is 1.19 bits per heavy atom. The molecule has 1 N–H and O–H groups in total. The van der Waals surface area contributed by atoms with E-state index in [2.05, 4.69) is 17.1 Å². The van der Waals surface area contributed by atoms with E-state index in [0.29, 0.717) is 23.2 Å². The quantitative estimate of drug-likeness (QED) is 0.388. The number of benzene rings is 2. The van der Waals surface area contributed by atoms with Gasteiger partial charge in [-0.3, -0.25) is 4.79 Å². The smallest absolute Gasteiger partial charge is 0.252 e. The highest BCUT2D eigenvalue weighted by Gasteiger charge is 2.20. The van der Waals surface area contributed by atoms with Gasteiger partial charge in [-0.15, -0.1) is 0 Å². The van der Waals surface area contributed by atoms with Crippen LogP contribution < -0.4 is 5.32 Å². The molecular formula is C26H30ClN3OS. The van der Waals surface area contributed by atoms with E-state index in [1.807, 2.05) is 54.6 Å². The van der Waals surface area contributed by atoms with Crippen LogP contribution in [0.3, 0.4) is 0 Å². The Kier molecular flexibility index (Phi) is 8.06. The second kappa shape index (κ2) is 11.2. The standard InChI is InChI=1S/C26H30ClN3OS/c1-2-20-10-5-6-15-30(20)16-8-14-28-26(31)23-18-25(29-24-13-4-3-12-22(23)24)32-21-11-7-9-19(27)17-21/h3-4,7,9,11-13,17-18,20H,2,5-6,8,10,14-16H2,1H3,(H,28,31)/t20-/m0/s1. The highest BCUT2D eigenvalue weighted by molar-refractivity contribution is 7.99. The van der Waals surface area contributed by atoms with Gasteiger partial charge in [0.2, 0.25) is 0 Å². The topological polar surface area (TPSA) is 45.2 Å². The van der Waals surface area contributed by atoms with Crippen LogP contribution in [0.25, 0.3) is 10.9 Å². The summed E-state index contributed by atoms with van der Waals surface area (Å²) in [6.07, 6.45) is 6.12. The molecule has 2 aromatic carbocycles. The lowest BCUT2D eigenvalue weighted by molar-refractivity contribution is 0.0948. The Hall–Kier alpha value is -2.08. The number of pyridine rings is 1. The molecule has 4 nitrogen and oxygen atoms in total. The van der Waals surface area contributed by atoms with Crippen molar-refractivity contribution in [3.63, 3.8) is 0 Å². The molecule has 32 heavy (non-hydrogen) atoms. The van der Waals surface area contributed by atoms with Crippen molar-refractivity contribution in [3.05, 3.63) is 65.2 Å². The number of rotatable bonds is 8. The summed E-state index contributed by atoms with van der Waals surface area (Å²) in [4.78, 5) is 21.5. The van der Waals surface area contributed by atoms with Gasteiger partial charge in [0.25, 0.3) is 5.91 Å². The second-order valence-corrected chi connectivity index (χ2v) is 9.82. The van der Waals surface area contributed by atoms with Crippen molar-refractivity contribution in [1.82, 2.24) is 15.2 Å². The summed E-state index contributed by atoms with van der Waals surface area (Å²) >= 11 is 7.65. The fraction of sp³-hybridized carbons (Fsp3) is 0.385. The number of amides is 1. The van der Waals surface area contributed by atoms with Gasteiger partial charge < -0.3 is 10.2 Å². The molecule has 0 saturated carbocycles. The van der Waals surface area contributed by atoms with Gasteiger partial charge >= 0.3 is 0 Å². The number of nitrogens with zero attached hydrogens (tertiary/aromatic N) is 2. The predicted molar refractivity (Wildman–Crippen MR) is 134 cm³/mol. The van der Waals surface area contributed by atoms with Crippen molar-refractivity contribution in [1.29, 1.82) is 0 Å². The first-order chi connectivity index (χ1) is 15.6. The van der Waals surface area contributed by atoms with Gasteiger partial charge in [-0.25, -0.2) is 4.98 Å². The highest BCUT2D eigenvalue weighted by Crippen LogP contribution is 2.31. The lowest BCUT2D eigenvalue weighted by atomic mass is 10.00. The average Bonchev–Trinajstić information content (AvgIpc) is 2.81. The van der Waals surface area contributed by atoms with Crippen LogP contribution in [0, 0.1) is 0 Å². The third kappa shape index (κ3) is 5.83. The number of carbonyl (C=O) groups excluding carboxylic acids is 1. The summed E-state index contributed by atoms with van der Waals surface area (Å²) < 4.78 is 0. The predicted octanol–water partition coefficient (Wildman–Crippen LogP) is 6.42. The Bertz CT molecular complexity index is 1070. The monoisotopic (exact) mass is 467 g/mol. The third-order valence-electron chi connectivity index (χ3n) is 6.08. The number of carbonyl (C=O) groups is 1. The number of para-hydroxylation sites is 1. The van der Waals surface area contributed by atoms with Crippen LogP contribution in [-0.4, -0.2) is 41.5 Å². The van der Waals surface area contributed by atoms with Crippen molar-refractivity contribution in [2.24, 2.45) is 0 Å². The number of hydrogen-bond acceptors (Lipinski definition) is 4. The van der Waals surface area contributed by atoms with E-state index in [9.17, 15) is 4.79 Å². The Morgan fingerprint density at radius 3 is 2.91 bits per heavy atom. The molecule has 0 radical (unpaired) electrons. The number of hydrogen-bond donors (Lipinski definition) is 1. The summed E-state index contributed by atoms with van der Waals surface area (Å²) in [6, 6.07) is 18.1. The molecule has 1 saturated heterocycles. The summed E-state index contributed by atoms with van der Waals surface area (Å²) in [5.74, 6) is -0.0396. The van der Waals surface area contributed by atoms with Crippen molar-refractivity contribution in [2.45, 2.75) is 55.0 Å². The Morgan fingerprint density at radius 2 is 2.06 bits per heavy atom. The van der Waals surface area contributed by atoms with Crippen molar-refractivity contribution >= 4 is 40.2 Å². The molecule has 1 aliphatic rings. The van der Waals surface area contributed by atoms with E-state index in [1.54, 1.807) is 0 Å². The first-order valence-electron chi connectivity index (χ1n) is 11.5. The van der Waals surface area contributed by atoms with Crippen LogP contribution in [0.1, 0.15) is 49.4 Å². The van der Waals surface area contributed by atoms with Gasteiger partial charge in [0.05, 0.1) is 11.1 Å². The molecule has 0 aliphatic carbocycles. The molecule has 2 heterocycles. The zero-order valence-electron chi connectivity index (χ0n) is 18.5. The average molecular weight is 468 g/mol. The molecule has 0 unspecified atom stereocenters. The van der Waals surface area contributed by atoms with E-state index in [4.69, 9.17) is 16.6 Å². The number of halogens is 1. The van der Waals surface area contributed by atoms with Crippen LogP contribution in [0.5, 0.6) is 0 Å². The summed E-state index contributed by atoms with van der Waals surface area (Å²) in [5, 5.41) is 5.49. The maximum absolute atomic E-state index is 13.1. The minimum absolute atomic E-state index is 0.0396. The SMILES string of the molecule is CC[C@H]1CCCCN1CCCNC(=O)c1cc(Sc2cccc(Cl)c2)nc2ccccc12. The van der Waals surface area contributed by atoms with Gasteiger partial charge in [0.15, 0.2) is 0 Å². The van der Waals surface area contributed by atoms with Crippen LogP contribution in [0.15, 0.2) is 64.5 Å². The van der Waals surface area contributed by atoms with Crippen LogP contribution in [0.4, 0.5) is 0 Å². The first kappa shape index (κ1) is 23.1. The number of piperidine rings is 1. The highest BCUT2D eigenvalue weighted by atomic mass is 35.5. The van der Waals surface area contributed by atoms with Crippen LogP contribution in [-0.2, 0) is 0 Å². The molecule has 4 rings (SSSR count). The van der Waals surface area contributed by atoms with Crippen LogP contribution >= 0.6 is 23.4 Å². The second-order valence-electron chi connectivity index (χ2n) is 8.29. The molecule has 1 aromatic heterocycles. The van der Waals surface area contributed by atoms with Gasteiger partial charge in [-0.1, -0.05) is 61.0 Å². The summed E-state index contributed by atoms with van der Waals surface area (Å²) in [5.41, 5.74) is 1.49. The molecule has 1 fully saturated rings. The zero-order valence-corrected chi connectivity index (χ0v) is 20.1.